The number of likely N-dealkylation sites (tertiary alicyclic amines) is 2. The van der Waals surface area contributed by atoms with Crippen molar-refractivity contribution in [1.82, 2.24) is 15.1 Å². The first-order chi connectivity index (χ1) is 9.72. The minimum absolute atomic E-state index is 0.0728. The van der Waals surface area contributed by atoms with Crippen LogP contribution in [0.5, 0.6) is 0 Å². The molecule has 0 spiro atoms. The van der Waals surface area contributed by atoms with Gasteiger partial charge in [0.2, 0.25) is 5.91 Å². The molecular formula is C16H29N3O. The molecule has 20 heavy (non-hydrogen) atoms. The predicted molar refractivity (Wildman–Crippen MR) is 80.5 cm³/mol. The minimum Gasteiger partial charge on any atom is -0.341 e. The highest BCUT2D eigenvalue weighted by Crippen LogP contribution is 2.35. The van der Waals surface area contributed by atoms with Gasteiger partial charge in [0.15, 0.2) is 0 Å². The Labute approximate surface area is 122 Å². The standard InChI is InChI=1S/C16H29N3O/c1-3-15-14-10-17-9-13(14)11-19(15)12(2)16(20)18-7-5-4-6-8-18/h12-15,17H,3-11H2,1-2H3. The van der Waals surface area contributed by atoms with Crippen molar-refractivity contribution in [3.8, 4) is 0 Å². The molecule has 3 heterocycles. The maximum Gasteiger partial charge on any atom is 0.239 e. The van der Waals surface area contributed by atoms with Crippen molar-refractivity contribution in [2.45, 2.75) is 51.6 Å². The first kappa shape index (κ1) is 14.3. The average Bonchev–Trinajstić information content (AvgIpc) is 3.06. The van der Waals surface area contributed by atoms with Crippen molar-refractivity contribution < 1.29 is 4.79 Å². The van der Waals surface area contributed by atoms with Gasteiger partial charge in [-0.25, -0.2) is 0 Å². The summed E-state index contributed by atoms with van der Waals surface area (Å²) in [6, 6.07) is 0.669. The lowest BCUT2D eigenvalue weighted by Crippen LogP contribution is -2.51. The van der Waals surface area contributed by atoms with Crippen molar-refractivity contribution in [1.29, 1.82) is 0 Å². The summed E-state index contributed by atoms with van der Waals surface area (Å²) < 4.78 is 0. The SMILES string of the molecule is CCC1C2CNCC2CN1C(C)C(=O)N1CCCCC1. The van der Waals surface area contributed by atoms with Gasteiger partial charge < -0.3 is 10.2 Å². The van der Waals surface area contributed by atoms with E-state index in [-0.39, 0.29) is 6.04 Å². The summed E-state index contributed by atoms with van der Waals surface area (Å²) in [7, 11) is 0. The van der Waals surface area contributed by atoms with Crippen molar-refractivity contribution in [3.05, 3.63) is 0 Å². The molecule has 3 rings (SSSR count). The lowest BCUT2D eigenvalue weighted by Gasteiger charge is -2.36. The Kier molecular flexibility index (Phi) is 4.32. The van der Waals surface area contributed by atoms with Crippen molar-refractivity contribution >= 4 is 5.91 Å². The predicted octanol–water partition coefficient (Wildman–Crippen LogP) is 1.32. The molecule has 1 N–H and O–H groups in total. The Hall–Kier alpha value is -0.610. The average molecular weight is 279 g/mol. The summed E-state index contributed by atoms with van der Waals surface area (Å²) in [5.74, 6) is 1.89. The van der Waals surface area contributed by atoms with Crippen LogP contribution < -0.4 is 5.32 Å². The van der Waals surface area contributed by atoms with E-state index < -0.39 is 0 Å². The Balaban J connectivity index is 1.66. The second-order valence-corrected chi connectivity index (χ2v) is 6.82. The van der Waals surface area contributed by atoms with Gasteiger partial charge in [-0.3, -0.25) is 9.69 Å². The quantitative estimate of drug-likeness (QED) is 0.846. The number of amides is 1. The number of fused-ring (bicyclic) bond motifs is 1. The molecule has 3 fully saturated rings. The van der Waals surface area contributed by atoms with E-state index in [0.29, 0.717) is 11.9 Å². The van der Waals surface area contributed by atoms with Crippen LogP contribution in [0.25, 0.3) is 0 Å². The fourth-order valence-electron chi connectivity index (χ4n) is 4.56. The lowest BCUT2D eigenvalue weighted by atomic mass is 9.92. The number of piperidine rings is 1. The number of rotatable bonds is 3. The van der Waals surface area contributed by atoms with Gasteiger partial charge in [-0.1, -0.05) is 6.92 Å². The van der Waals surface area contributed by atoms with E-state index in [2.05, 4.69) is 29.0 Å². The number of nitrogens with one attached hydrogen (secondary N) is 1. The molecule has 3 saturated heterocycles. The second kappa shape index (κ2) is 6.02. The zero-order valence-electron chi connectivity index (χ0n) is 13.0. The molecule has 0 aromatic heterocycles. The number of hydrogen-bond donors (Lipinski definition) is 1. The third kappa shape index (κ3) is 2.48. The van der Waals surface area contributed by atoms with Gasteiger partial charge in [0, 0.05) is 25.7 Å². The number of carbonyl (C=O) groups is 1. The summed E-state index contributed by atoms with van der Waals surface area (Å²) in [5, 5.41) is 3.52. The topological polar surface area (TPSA) is 35.6 Å². The van der Waals surface area contributed by atoms with Crippen LogP contribution in [0.1, 0.15) is 39.5 Å². The number of nitrogens with zero attached hydrogens (tertiary/aromatic N) is 2. The fraction of sp³-hybridized carbons (Fsp3) is 0.938. The second-order valence-electron chi connectivity index (χ2n) is 6.82. The lowest BCUT2D eigenvalue weighted by molar-refractivity contribution is -0.137. The van der Waals surface area contributed by atoms with Crippen LogP contribution in [-0.2, 0) is 4.79 Å². The smallest absolute Gasteiger partial charge is 0.239 e. The summed E-state index contributed by atoms with van der Waals surface area (Å²) in [6.07, 6.45) is 4.82. The molecule has 3 aliphatic heterocycles. The van der Waals surface area contributed by atoms with E-state index >= 15 is 0 Å². The van der Waals surface area contributed by atoms with Crippen molar-refractivity contribution in [2.24, 2.45) is 11.8 Å². The largest absolute Gasteiger partial charge is 0.341 e. The van der Waals surface area contributed by atoms with Crippen LogP contribution in [0.15, 0.2) is 0 Å². The molecule has 114 valence electrons. The first-order valence-corrected chi connectivity index (χ1v) is 8.47. The van der Waals surface area contributed by atoms with Gasteiger partial charge in [-0.2, -0.15) is 0 Å². The summed E-state index contributed by atoms with van der Waals surface area (Å²) in [4.78, 5) is 17.3. The molecule has 1 amide bonds. The fourth-order valence-corrected chi connectivity index (χ4v) is 4.56. The van der Waals surface area contributed by atoms with Gasteiger partial charge in [-0.15, -0.1) is 0 Å². The number of carbonyl (C=O) groups excluding carboxylic acids is 1. The Morgan fingerprint density at radius 2 is 2.00 bits per heavy atom. The van der Waals surface area contributed by atoms with E-state index in [4.69, 9.17) is 0 Å². The van der Waals surface area contributed by atoms with E-state index in [0.717, 1.165) is 44.6 Å². The molecule has 0 radical (unpaired) electrons. The molecule has 4 atom stereocenters. The normalized spacial score (nSPS) is 36.1. The van der Waals surface area contributed by atoms with Crippen LogP contribution in [0, 0.1) is 11.8 Å². The highest BCUT2D eigenvalue weighted by atomic mass is 16.2. The Bertz CT molecular complexity index is 354. The van der Waals surface area contributed by atoms with E-state index in [1.165, 1.54) is 25.7 Å². The van der Waals surface area contributed by atoms with Crippen molar-refractivity contribution in [3.63, 3.8) is 0 Å². The van der Waals surface area contributed by atoms with Gasteiger partial charge in [0.05, 0.1) is 6.04 Å². The maximum atomic E-state index is 12.7. The number of hydrogen-bond acceptors (Lipinski definition) is 3. The van der Waals surface area contributed by atoms with E-state index in [1.807, 2.05) is 0 Å². The maximum absolute atomic E-state index is 12.7. The van der Waals surface area contributed by atoms with Crippen molar-refractivity contribution in [2.75, 3.05) is 32.7 Å². The first-order valence-electron chi connectivity index (χ1n) is 8.47. The minimum atomic E-state index is 0.0728. The summed E-state index contributed by atoms with van der Waals surface area (Å²) in [6.45, 7) is 9.75. The third-order valence-electron chi connectivity index (χ3n) is 5.70. The van der Waals surface area contributed by atoms with Crippen LogP contribution in [0.2, 0.25) is 0 Å². The zero-order chi connectivity index (χ0) is 14.1. The highest BCUT2D eigenvalue weighted by Gasteiger charge is 2.46. The molecule has 4 heteroatoms. The van der Waals surface area contributed by atoms with Crippen LogP contribution in [-0.4, -0.2) is 60.5 Å². The van der Waals surface area contributed by atoms with Crippen LogP contribution in [0.4, 0.5) is 0 Å². The molecule has 0 aliphatic carbocycles. The molecule has 0 aromatic rings. The van der Waals surface area contributed by atoms with Crippen LogP contribution in [0.3, 0.4) is 0 Å². The zero-order valence-corrected chi connectivity index (χ0v) is 13.0. The molecular weight excluding hydrogens is 250 g/mol. The molecule has 4 nitrogen and oxygen atoms in total. The monoisotopic (exact) mass is 279 g/mol. The molecule has 0 aromatic carbocycles. The van der Waals surface area contributed by atoms with Gasteiger partial charge >= 0.3 is 0 Å². The molecule has 3 aliphatic rings. The molecule has 0 saturated carbocycles. The Morgan fingerprint density at radius 3 is 2.70 bits per heavy atom. The van der Waals surface area contributed by atoms with Gasteiger partial charge in [0.1, 0.15) is 0 Å². The van der Waals surface area contributed by atoms with Crippen LogP contribution >= 0.6 is 0 Å². The van der Waals surface area contributed by atoms with Gasteiger partial charge in [0.25, 0.3) is 0 Å². The molecule has 0 bridgehead atoms. The Morgan fingerprint density at radius 1 is 1.25 bits per heavy atom. The van der Waals surface area contributed by atoms with Gasteiger partial charge in [-0.05, 0) is 57.5 Å². The summed E-state index contributed by atoms with van der Waals surface area (Å²) in [5.41, 5.74) is 0. The van der Waals surface area contributed by atoms with E-state index in [9.17, 15) is 4.79 Å². The summed E-state index contributed by atoms with van der Waals surface area (Å²) >= 11 is 0. The molecule has 4 unspecified atom stereocenters. The third-order valence-corrected chi connectivity index (χ3v) is 5.70. The van der Waals surface area contributed by atoms with E-state index in [1.54, 1.807) is 0 Å². The highest BCUT2D eigenvalue weighted by molar-refractivity contribution is 5.81.